The van der Waals surface area contributed by atoms with Gasteiger partial charge in [-0.15, -0.1) is 11.3 Å². The molecule has 1 atom stereocenters. The second kappa shape index (κ2) is 7.06. The minimum absolute atomic E-state index is 0.270. The molecule has 1 amide bonds. The zero-order chi connectivity index (χ0) is 13.7. The highest BCUT2D eigenvalue weighted by Crippen LogP contribution is 2.17. The highest BCUT2D eigenvalue weighted by atomic mass is 32.1. The van der Waals surface area contributed by atoms with Crippen LogP contribution < -0.4 is 5.32 Å². The number of thiophene rings is 1. The van der Waals surface area contributed by atoms with Crippen molar-refractivity contribution in [3.05, 3.63) is 22.4 Å². The summed E-state index contributed by atoms with van der Waals surface area (Å²) < 4.78 is 0. The van der Waals surface area contributed by atoms with Crippen LogP contribution in [0.2, 0.25) is 0 Å². The van der Waals surface area contributed by atoms with Gasteiger partial charge in [0.1, 0.15) is 0 Å². The van der Waals surface area contributed by atoms with Crippen molar-refractivity contribution < 1.29 is 4.79 Å². The molecule has 3 nitrogen and oxygen atoms in total. The second-order valence-corrected chi connectivity index (χ2v) is 6.56. The maximum absolute atomic E-state index is 12.4. The highest BCUT2D eigenvalue weighted by molar-refractivity contribution is 7.09. The standard InChI is InChI=1S/C15H24N2OS/c1-12(2)17(11-14-6-4-10-19-14)15(18)8-7-13-5-3-9-16-13/h4,6,10,12-13,16H,3,5,7-9,11H2,1-2H3. The van der Waals surface area contributed by atoms with Gasteiger partial charge in [-0.05, 0) is 51.1 Å². The van der Waals surface area contributed by atoms with E-state index in [-0.39, 0.29) is 11.9 Å². The van der Waals surface area contributed by atoms with Gasteiger partial charge in [0.25, 0.3) is 0 Å². The van der Waals surface area contributed by atoms with E-state index in [1.807, 2.05) is 11.0 Å². The molecule has 2 rings (SSSR count). The number of rotatable bonds is 6. The largest absolute Gasteiger partial charge is 0.335 e. The Morgan fingerprint density at radius 1 is 1.58 bits per heavy atom. The van der Waals surface area contributed by atoms with Crippen LogP contribution in [0.15, 0.2) is 17.5 Å². The van der Waals surface area contributed by atoms with Gasteiger partial charge in [0.2, 0.25) is 5.91 Å². The molecule has 0 spiro atoms. The summed E-state index contributed by atoms with van der Waals surface area (Å²) in [4.78, 5) is 15.6. The Bertz CT molecular complexity index is 383. The average Bonchev–Trinajstić information content (AvgIpc) is 3.05. The molecule has 1 saturated heterocycles. The van der Waals surface area contributed by atoms with Gasteiger partial charge in [0.05, 0.1) is 6.54 Å². The lowest BCUT2D eigenvalue weighted by Crippen LogP contribution is -2.37. The van der Waals surface area contributed by atoms with Gasteiger partial charge in [0.15, 0.2) is 0 Å². The number of hydrogen-bond acceptors (Lipinski definition) is 3. The molecule has 19 heavy (non-hydrogen) atoms. The summed E-state index contributed by atoms with van der Waals surface area (Å²) in [6, 6.07) is 4.97. The zero-order valence-electron chi connectivity index (χ0n) is 11.9. The third-order valence-electron chi connectivity index (χ3n) is 3.72. The summed E-state index contributed by atoms with van der Waals surface area (Å²) in [6.07, 6.45) is 4.12. The molecule has 1 unspecified atom stereocenters. The highest BCUT2D eigenvalue weighted by Gasteiger charge is 2.20. The molecule has 1 aliphatic heterocycles. The maximum atomic E-state index is 12.4. The molecule has 1 fully saturated rings. The van der Waals surface area contributed by atoms with Crippen molar-refractivity contribution in [3.63, 3.8) is 0 Å². The Labute approximate surface area is 120 Å². The van der Waals surface area contributed by atoms with Crippen LogP contribution in [0.1, 0.15) is 44.4 Å². The van der Waals surface area contributed by atoms with Gasteiger partial charge in [-0.2, -0.15) is 0 Å². The van der Waals surface area contributed by atoms with Crippen molar-refractivity contribution in [3.8, 4) is 0 Å². The van der Waals surface area contributed by atoms with Crippen molar-refractivity contribution in [1.29, 1.82) is 0 Å². The van der Waals surface area contributed by atoms with E-state index in [4.69, 9.17) is 0 Å². The number of carbonyl (C=O) groups excluding carboxylic acids is 1. The van der Waals surface area contributed by atoms with Crippen molar-refractivity contribution in [1.82, 2.24) is 10.2 Å². The SMILES string of the molecule is CC(C)N(Cc1cccs1)C(=O)CCC1CCCN1. The topological polar surface area (TPSA) is 32.3 Å². The van der Waals surface area contributed by atoms with Crippen molar-refractivity contribution >= 4 is 17.2 Å². The molecule has 1 aromatic rings. The molecule has 4 heteroatoms. The summed E-state index contributed by atoms with van der Waals surface area (Å²) in [7, 11) is 0. The fourth-order valence-corrected chi connectivity index (χ4v) is 3.28. The predicted molar refractivity (Wildman–Crippen MR) is 80.3 cm³/mol. The molecule has 0 aliphatic carbocycles. The van der Waals surface area contributed by atoms with Crippen molar-refractivity contribution in [2.45, 2.75) is 58.2 Å². The molecule has 1 N–H and O–H groups in total. The van der Waals surface area contributed by atoms with Gasteiger partial charge in [-0.1, -0.05) is 6.07 Å². The van der Waals surface area contributed by atoms with Crippen LogP contribution in [0, 0.1) is 0 Å². The van der Waals surface area contributed by atoms with Crippen LogP contribution in [0.3, 0.4) is 0 Å². The van der Waals surface area contributed by atoms with Crippen LogP contribution in [0.5, 0.6) is 0 Å². The van der Waals surface area contributed by atoms with Gasteiger partial charge in [-0.25, -0.2) is 0 Å². The molecule has 0 aromatic carbocycles. The van der Waals surface area contributed by atoms with E-state index in [2.05, 4.69) is 30.6 Å². The lowest BCUT2D eigenvalue weighted by atomic mass is 10.1. The van der Waals surface area contributed by atoms with E-state index in [0.717, 1.165) is 19.5 Å². The summed E-state index contributed by atoms with van der Waals surface area (Å²) in [5, 5.41) is 5.53. The van der Waals surface area contributed by atoms with Gasteiger partial charge in [-0.3, -0.25) is 4.79 Å². The number of hydrogen-bond donors (Lipinski definition) is 1. The molecule has 1 aromatic heterocycles. The van der Waals surface area contributed by atoms with E-state index in [9.17, 15) is 4.79 Å². The molecule has 0 saturated carbocycles. The summed E-state index contributed by atoms with van der Waals surface area (Å²) in [6.45, 7) is 6.06. The smallest absolute Gasteiger partial charge is 0.223 e. The maximum Gasteiger partial charge on any atom is 0.223 e. The normalized spacial score (nSPS) is 19.0. The lowest BCUT2D eigenvalue weighted by Gasteiger charge is -2.27. The number of nitrogens with one attached hydrogen (secondary N) is 1. The van der Waals surface area contributed by atoms with E-state index >= 15 is 0 Å². The molecular weight excluding hydrogens is 256 g/mol. The Balaban J connectivity index is 1.85. The monoisotopic (exact) mass is 280 g/mol. The zero-order valence-corrected chi connectivity index (χ0v) is 12.7. The van der Waals surface area contributed by atoms with Crippen LogP contribution in [0.4, 0.5) is 0 Å². The number of carbonyl (C=O) groups is 1. The fraction of sp³-hybridized carbons (Fsp3) is 0.667. The summed E-state index contributed by atoms with van der Waals surface area (Å²) >= 11 is 1.72. The first-order valence-electron chi connectivity index (χ1n) is 7.22. The van der Waals surface area contributed by atoms with Crippen LogP contribution in [-0.2, 0) is 11.3 Å². The fourth-order valence-electron chi connectivity index (χ4n) is 2.57. The second-order valence-electron chi connectivity index (χ2n) is 5.53. The Morgan fingerprint density at radius 3 is 3.00 bits per heavy atom. The average molecular weight is 280 g/mol. The minimum Gasteiger partial charge on any atom is -0.335 e. The van der Waals surface area contributed by atoms with Crippen molar-refractivity contribution in [2.24, 2.45) is 0 Å². The quantitative estimate of drug-likeness (QED) is 0.868. The Hall–Kier alpha value is -0.870. The van der Waals surface area contributed by atoms with E-state index in [1.165, 1.54) is 17.7 Å². The van der Waals surface area contributed by atoms with E-state index < -0.39 is 0 Å². The van der Waals surface area contributed by atoms with Gasteiger partial charge < -0.3 is 10.2 Å². The van der Waals surface area contributed by atoms with Crippen LogP contribution >= 0.6 is 11.3 Å². The predicted octanol–water partition coefficient (Wildman–Crippen LogP) is 3.02. The van der Waals surface area contributed by atoms with E-state index in [0.29, 0.717) is 12.5 Å². The van der Waals surface area contributed by atoms with Crippen LogP contribution in [-0.4, -0.2) is 29.4 Å². The molecular formula is C15H24N2OS. The first-order valence-corrected chi connectivity index (χ1v) is 8.10. The molecule has 0 bridgehead atoms. The minimum atomic E-state index is 0.270. The Kier molecular flexibility index (Phi) is 5.40. The molecule has 106 valence electrons. The summed E-state index contributed by atoms with van der Waals surface area (Å²) in [5.41, 5.74) is 0. The first kappa shape index (κ1) is 14.5. The lowest BCUT2D eigenvalue weighted by molar-refractivity contribution is -0.133. The van der Waals surface area contributed by atoms with E-state index in [1.54, 1.807) is 11.3 Å². The third-order valence-corrected chi connectivity index (χ3v) is 4.58. The van der Waals surface area contributed by atoms with Crippen molar-refractivity contribution in [2.75, 3.05) is 6.54 Å². The third kappa shape index (κ3) is 4.32. The molecule has 1 aliphatic rings. The summed E-state index contributed by atoms with van der Waals surface area (Å²) in [5.74, 6) is 0.289. The Morgan fingerprint density at radius 2 is 2.42 bits per heavy atom. The van der Waals surface area contributed by atoms with Crippen LogP contribution in [0.25, 0.3) is 0 Å². The van der Waals surface area contributed by atoms with Gasteiger partial charge >= 0.3 is 0 Å². The van der Waals surface area contributed by atoms with Gasteiger partial charge in [0, 0.05) is 23.4 Å². The number of nitrogens with zero attached hydrogens (tertiary/aromatic N) is 1. The molecule has 2 heterocycles. The first-order chi connectivity index (χ1) is 9.16. The number of amides is 1. The molecule has 0 radical (unpaired) electrons.